The van der Waals surface area contributed by atoms with Crippen molar-refractivity contribution in [2.75, 3.05) is 13.1 Å². The van der Waals surface area contributed by atoms with E-state index >= 15 is 0 Å². The highest BCUT2D eigenvalue weighted by molar-refractivity contribution is 7.17. The van der Waals surface area contributed by atoms with Gasteiger partial charge in [0, 0.05) is 24.0 Å². The van der Waals surface area contributed by atoms with Gasteiger partial charge in [0.25, 0.3) is 5.56 Å². The normalized spacial score (nSPS) is 13.0. The molecule has 5 nitrogen and oxygen atoms in total. The predicted molar refractivity (Wildman–Crippen MR) is 117 cm³/mol. The maximum atomic E-state index is 12.9. The summed E-state index contributed by atoms with van der Waals surface area (Å²) in [6.07, 6.45) is -0.424. The third kappa shape index (κ3) is 4.69. The van der Waals surface area contributed by atoms with E-state index in [0.29, 0.717) is 30.2 Å². The summed E-state index contributed by atoms with van der Waals surface area (Å²) in [5.41, 5.74) is 4.28. The van der Waals surface area contributed by atoms with Crippen molar-refractivity contribution in [1.29, 1.82) is 0 Å². The lowest BCUT2D eigenvalue weighted by molar-refractivity contribution is 0.113. The van der Waals surface area contributed by atoms with Gasteiger partial charge < -0.3 is 10.1 Å². The van der Waals surface area contributed by atoms with Gasteiger partial charge in [-0.05, 0) is 37.8 Å². The van der Waals surface area contributed by atoms with E-state index in [1.54, 1.807) is 6.92 Å². The average Bonchev–Trinajstić information content (AvgIpc) is 2.97. The van der Waals surface area contributed by atoms with Crippen molar-refractivity contribution in [3.63, 3.8) is 0 Å². The van der Waals surface area contributed by atoms with E-state index in [9.17, 15) is 9.90 Å². The third-order valence-electron chi connectivity index (χ3n) is 4.68. The first-order valence-corrected chi connectivity index (χ1v) is 10.6. The van der Waals surface area contributed by atoms with E-state index in [1.165, 1.54) is 16.9 Å². The Labute approximate surface area is 170 Å². The van der Waals surface area contributed by atoms with Crippen LogP contribution in [0, 0.1) is 19.8 Å². The SMILES string of the molecule is Cc1ccc(-c2csc3nc(CN(CC(C)C)C[C@H](C)O)[nH]c(=O)c23)c(C)c1. The van der Waals surface area contributed by atoms with E-state index in [1.807, 2.05) is 5.38 Å². The zero-order valence-electron chi connectivity index (χ0n) is 17.2. The molecule has 0 aliphatic carbocycles. The monoisotopic (exact) mass is 399 g/mol. The molecule has 0 amide bonds. The Balaban J connectivity index is 1.97. The van der Waals surface area contributed by atoms with Gasteiger partial charge in [-0.2, -0.15) is 0 Å². The number of aromatic amines is 1. The minimum atomic E-state index is -0.424. The molecule has 2 aromatic heterocycles. The molecule has 0 fully saturated rings. The number of H-pyrrole nitrogens is 1. The lowest BCUT2D eigenvalue weighted by atomic mass is 9.99. The van der Waals surface area contributed by atoms with Gasteiger partial charge in [-0.1, -0.05) is 37.6 Å². The number of hydrogen-bond donors (Lipinski definition) is 2. The molecule has 3 aromatic rings. The first-order chi connectivity index (χ1) is 13.2. The summed E-state index contributed by atoms with van der Waals surface area (Å²) >= 11 is 1.51. The topological polar surface area (TPSA) is 69.2 Å². The van der Waals surface area contributed by atoms with Crippen LogP contribution in [0.5, 0.6) is 0 Å². The second-order valence-corrected chi connectivity index (χ2v) is 8.96. The Morgan fingerprint density at radius 1 is 1.18 bits per heavy atom. The minimum absolute atomic E-state index is 0.0993. The summed E-state index contributed by atoms with van der Waals surface area (Å²) in [4.78, 5) is 23.5. The molecule has 3 rings (SSSR count). The molecular formula is C22H29N3O2S. The molecule has 0 spiro atoms. The van der Waals surface area contributed by atoms with Crippen molar-refractivity contribution in [2.24, 2.45) is 5.92 Å². The minimum Gasteiger partial charge on any atom is -0.392 e. The smallest absolute Gasteiger partial charge is 0.260 e. The van der Waals surface area contributed by atoms with Crippen LogP contribution in [-0.2, 0) is 6.54 Å². The van der Waals surface area contributed by atoms with E-state index in [2.05, 4.69) is 55.8 Å². The second-order valence-electron chi connectivity index (χ2n) is 8.10. The molecule has 0 bridgehead atoms. The van der Waals surface area contributed by atoms with Crippen molar-refractivity contribution < 1.29 is 5.11 Å². The lowest BCUT2D eigenvalue weighted by Gasteiger charge is -2.24. The van der Waals surface area contributed by atoms with Crippen LogP contribution in [0.15, 0.2) is 28.4 Å². The molecule has 2 heterocycles. The van der Waals surface area contributed by atoms with Gasteiger partial charge in [-0.15, -0.1) is 11.3 Å². The highest BCUT2D eigenvalue weighted by atomic mass is 32.1. The molecule has 2 N–H and O–H groups in total. The number of aryl methyl sites for hydroxylation is 2. The van der Waals surface area contributed by atoms with Crippen LogP contribution in [0.25, 0.3) is 21.3 Å². The maximum absolute atomic E-state index is 12.9. The van der Waals surface area contributed by atoms with Crippen molar-refractivity contribution in [3.8, 4) is 11.1 Å². The molecule has 28 heavy (non-hydrogen) atoms. The first kappa shape index (κ1) is 20.7. The Morgan fingerprint density at radius 2 is 1.93 bits per heavy atom. The summed E-state index contributed by atoms with van der Waals surface area (Å²) in [6, 6.07) is 6.28. The second kappa shape index (κ2) is 8.55. The predicted octanol–water partition coefficient (Wildman–Crippen LogP) is 4.11. The molecule has 1 aromatic carbocycles. The number of hydrogen-bond acceptors (Lipinski definition) is 5. The fourth-order valence-corrected chi connectivity index (χ4v) is 4.65. The van der Waals surface area contributed by atoms with Crippen LogP contribution in [0.3, 0.4) is 0 Å². The standard InChI is InChI=1S/C22H29N3O2S/c1-13(2)9-25(10-16(5)26)11-19-23-21(27)20-18(12-28-22(20)24-19)17-7-6-14(3)8-15(17)4/h6-8,12-13,16,26H,9-11H2,1-5H3,(H,23,24,27)/t16-/m0/s1. The van der Waals surface area contributed by atoms with Crippen molar-refractivity contribution in [2.45, 2.75) is 47.3 Å². The number of aliphatic hydroxyl groups excluding tert-OH is 1. The largest absolute Gasteiger partial charge is 0.392 e. The number of thiophene rings is 1. The average molecular weight is 400 g/mol. The van der Waals surface area contributed by atoms with Crippen molar-refractivity contribution in [3.05, 3.63) is 50.9 Å². The number of nitrogens with zero attached hydrogens (tertiary/aromatic N) is 2. The number of aliphatic hydroxyl groups is 1. The quantitative estimate of drug-likeness (QED) is 0.627. The fraction of sp³-hybridized carbons (Fsp3) is 0.455. The van der Waals surface area contributed by atoms with Crippen molar-refractivity contribution >= 4 is 21.6 Å². The molecular weight excluding hydrogens is 370 g/mol. The van der Waals surface area contributed by atoms with E-state index in [4.69, 9.17) is 4.98 Å². The summed E-state index contributed by atoms with van der Waals surface area (Å²) in [7, 11) is 0. The first-order valence-electron chi connectivity index (χ1n) is 9.73. The molecule has 1 atom stereocenters. The summed E-state index contributed by atoms with van der Waals surface area (Å²) in [6.45, 7) is 12.1. The number of rotatable bonds is 7. The number of fused-ring (bicyclic) bond motifs is 1. The van der Waals surface area contributed by atoms with Gasteiger partial charge >= 0.3 is 0 Å². The van der Waals surface area contributed by atoms with Crippen LogP contribution >= 0.6 is 11.3 Å². The maximum Gasteiger partial charge on any atom is 0.260 e. The highest BCUT2D eigenvalue weighted by Crippen LogP contribution is 2.33. The van der Waals surface area contributed by atoms with Gasteiger partial charge in [0.05, 0.1) is 18.0 Å². The Hall–Kier alpha value is -2.02. The number of nitrogens with one attached hydrogen (secondary N) is 1. The van der Waals surface area contributed by atoms with Gasteiger partial charge in [0.15, 0.2) is 0 Å². The van der Waals surface area contributed by atoms with E-state index < -0.39 is 6.10 Å². The molecule has 150 valence electrons. The summed E-state index contributed by atoms with van der Waals surface area (Å²) in [5, 5.41) is 12.5. The zero-order valence-corrected chi connectivity index (χ0v) is 18.1. The van der Waals surface area contributed by atoms with Crippen LogP contribution in [0.1, 0.15) is 37.7 Å². The van der Waals surface area contributed by atoms with Crippen LogP contribution in [0.2, 0.25) is 0 Å². The third-order valence-corrected chi connectivity index (χ3v) is 5.56. The zero-order chi connectivity index (χ0) is 20.4. The van der Waals surface area contributed by atoms with Gasteiger partial charge in [-0.3, -0.25) is 9.69 Å². The molecule has 6 heteroatoms. The van der Waals surface area contributed by atoms with Crippen LogP contribution < -0.4 is 5.56 Å². The fourth-order valence-electron chi connectivity index (χ4n) is 3.69. The molecule has 0 unspecified atom stereocenters. The number of benzene rings is 1. The Bertz CT molecular complexity index is 1010. The Kier molecular flexibility index (Phi) is 6.33. The summed E-state index contributed by atoms with van der Waals surface area (Å²) < 4.78 is 0. The van der Waals surface area contributed by atoms with Gasteiger partial charge in [0.2, 0.25) is 0 Å². The van der Waals surface area contributed by atoms with Crippen LogP contribution in [0.4, 0.5) is 0 Å². The van der Waals surface area contributed by atoms with Crippen LogP contribution in [-0.4, -0.2) is 39.2 Å². The molecule has 0 aliphatic heterocycles. The molecule has 0 saturated carbocycles. The van der Waals surface area contributed by atoms with Crippen molar-refractivity contribution in [1.82, 2.24) is 14.9 Å². The lowest BCUT2D eigenvalue weighted by Crippen LogP contribution is -2.34. The number of aromatic nitrogens is 2. The molecule has 0 radical (unpaired) electrons. The van der Waals surface area contributed by atoms with Gasteiger partial charge in [0.1, 0.15) is 10.7 Å². The molecule has 0 aliphatic rings. The Morgan fingerprint density at radius 3 is 2.57 bits per heavy atom. The van der Waals surface area contributed by atoms with E-state index in [0.717, 1.165) is 28.1 Å². The van der Waals surface area contributed by atoms with Gasteiger partial charge in [-0.25, -0.2) is 4.98 Å². The molecule has 0 saturated heterocycles. The summed E-state index contributed by atoms with van der Waals surface area (Å²) in [5.74, 6) is 1.11. The van der Waals surface area contributed by atoms with E-state index in [-0.39, 0.29) is 5.56 Å². The highest BCUT2D eigenvalue weighted by Gasteiger charge is 2.17.